The van der Waals surface area contributed by atoms with Gasteiger partial charge in [-0.25, -0.2) is 4.98 Å². The van der Waals surface area contributed by atoms with Gasteiger partial charge in [-0.05, 0) is 6.07 Å². The average molecular weight is 373 g/mol. The molecule has 0 bridgehead atoms. The summed E-state index contributed by atoms with van der Waals surface area (Å²) in [7, 11) is 0. The lowest BCUT2D eigenvalue weighted by Crippen LogP contribution is -2.09. The lowest BCUT2D eigenvalue weighted by Gasteiger charge is -1.98. The highest BCUT2D eigenvalue weighted by Gasteiger charge is 2.20. The van der Waals surface area contributed by atoms with E-state index in [-0.39, 0.29) is 20.8 Å². The van der Waals surface area contributed by atoms with Gasteiger partial charge in [-0.15, -0.1) is 0 Å². The van der Waals surface area contributed by atoms with Gasteiger partial charge >= 0.3 is 5.00 Å². The number of Topliss-reactive ketones (excluding diaryl/α,β-unsaturated/α-hetero) is 1. The van der Waals surface area contributed by atoms with Crippen LogP contribution in [0.1, 0.15) is 26.3 Å². The Kier molecular flexibility index (Phi) is 4.68. The van der Waals surface area contributed by atoms with E-state index in [1.54, 1.807) is 0 Å². The van der Waals surface area contributed by atoms with Crippen LogP contribution in [0.15, 0.2) is 42.5 Å². The second-order valence-corrected chi connectivity index (χ2v) is 7.03. The Morgan fingerprint density at radius 2 is 1.84 bits per heavy atom. The third-order valence-electron chi connectivity index (χ3n) is 3.21. The zero-order valence-electron chi connectivity index (χ0n) is 12.9. The Morgan fingerprint density at radius 3 is 2.44 bits per heavy atom. The van der Waals surface area contributed by atoms with Crippen molar-refractivity contribution >= 4 is 44.5 Å². The smallest absolute Gasteiger partial charge is 0.297 e. The van der Waals surface area contributed by atoms with Gasteiger partial charge in [-0.3, -0.25) is 25.0 Å². The van der Waals surface area contributed by atoms with Crippen LogP contribution in [0.5, 0.6) is 0 Å². The van der Waals surface area contributed by atoms with Crippen molar-refractivity contribution in [2.24, 2.45) is 0 Å². The minimum atomic E-state index is -0.549. The molecule has 1 amide bonds. The molecule has 0 aliphatic heterocycles. The summed E-state index contributed by atoms with van der Waals surface area (Å²) in [6, 6.07) is 11.8. The lowest BCUT2D eigenvalue weighted by molar-refractivity contribution is -0.380. The van der Waals surface area contributed by atoms with E-state index in [0.29, 0.717) is 10.6 Å². The van der Waals surface area contributed by atoms with Crippen molar-refractivity contribution in [3.8, 4) is 11.3 Å². The molecule has 0 fully saturated rings. The Bertz CT molecular complexity index is 963. The fourth-order valence-electron chi connectivity index (χ4n) is 2.11. The first kappa shape index (κ1) is 16.9. The summed E-state index contributed by atoms with van der Waals surface area (Å²) in [4.78, 5) is 39.3. The second-order valence-electron chi connectivity index (χ2n) is 4.97. The van der Waals surface area contributed by atoms with Crippen LogP contribution < -0.4 is 5.32 Å². The second kappa shape index (κ2) is 6.91. The Hall–Kier alpha value is -2.91. The quantitative estimate of drug-likeness (QED) is 0.409. The number of carbonyl (C=O) groups excluding carboxylic acids is 2. The van der Waals surface area contributed by atoms with Crippen molar-refractivity contribution in [2.75, 3.05) is 5.32 Å². The number of nitrogens with zero attached hydrogens (tertiary/aromatic N) is 2. The number of amides is 1. The molecule has 126 valence electrons. The number of ketones is 1. The molecule has 9 heteroatoms. The fourth-order valence-corrected chi connectivity index (χ4v) is 3.70. The first-order valence-corrected chi connectivity index (χ1v) is 8.72. The molecule has 2 heterocycles. The molecule has 0 radical (unpaired) electrons. The van der Waals surface area contributed by atoms with Gasteiger partial charge in [0.2, 0.25) is 0 Å². The molecule has 0 atom stereocenters. The number of nitrogens with one attached hydrogen (secondary N) is 1. The van der Waals surface area contributed by atoms with Crippen molar-refractivity contribution in [3.63, 3.8) is 0 Å². The first-order chi connectivity index (χ1) is 12.0. The average Bonchev–Trinajstić information content (AvgIpc) is 3.23. The topological polar surface area (TPSA) is 102 Å². The number of anilines is 1. The number of aromatic nitrogens is 1. The highest BCUT2D eigenvalue weighted by atomic mass is 32.1. The minimum Gasteiger partial charge on any atom is -0.297 e. The van der Waals surface area contributed by atoms with Crippen LogP contribution in [0.2, 0.25) is 0 Å². The van der Waals surface area contributed by atoms with Crippen LogP contribution in [0.25, 0.3) is 11.3 Å². The molecule has 0 unspecified atom stereocenters. The molecular formula is C16H11N3O4S2. The zero-order valence-corrected chi connectivity index (χ0v) is 14.5. The van der Waals surface area contributed by atoms with Gasteiger partial charge in [0.15, 0.2) is 10.9 Å². The molecule has 25 heavy (non-hydrogen) atoms. The molecule has 2 aromatic heterocycles. The zero-order chi connectivity index (χ0) is 18.0. The van der Waals surface area contributed by atoms with Crippen LogP contribution >= 0.6 is 22.7 Å². The largest absolute Gasteiger partial charge is 0.324 e. The number of benzene rings is 1. The number of thiophene rings is 1. The SMILES string of the molecule is CC(=O)c1sc(NC(=O)c2ccc([N+](=O)[O-])s2)nc1-c1ccccc1. The summed E-state index contributed by atoms with van der Waals surface area (Å²) >= 11 is 1.86. The predicted molar refractivity (Wildman–Crippen MR) is 96.5 cm³/mol. The molecule has 1 N–H and O–H groups in total. The van der Waals surface area contributed by atoms with Gasteiger partial charge in [-0.2, -0.15) is 0 Å². The summed E-state index contributed by atoms with van der Waals surface area (Å²) < 4.78 is 0. The fraction of sp³-hybridized carbons (Fsp3) is 0.0625. The third kappa shape index (κ3) is 3.62. The minimum absolute atomic E-state index is 0.112. The summed E-state index contributed by atoms with van der Waals surface area (Å²) in [6.07, 6.45) is 0. The maximum Gasteiger partial charge on any atom is 0.324 e. The lowest BCUT2D eigenvalue weighted by atomic mass is 10.1. The number of carbonyl (C=O) groups is 2. The van der Waals surface area contributed by atoms with E-state index in [1.165, 1.54) is 19.1 Å². The van der Waals surface area contributed by atoms with Crippen LogP contribution in [-0.2, 0) is 0 Å². The van der Waals surface area contributed by atoms with Crippen LogP contribution in [0, 0.1) is 10.1 Å². The number of nitro groups is 1. The van der Waals surface area contributed by atoms with Crippen molar-refractivity contribution in [3.05, 3.63) is 62.3 Å². The molecule has 3 aromatic rings. The normalized spacial score (nSPS) is 10.4. The van der Waals surface area contributed by atoms with Gasteiger partial charge in [-0.1, -0.05) is 53.0 Å². The van der Waals surface area contributed by atoms with Crippen LogP contribution in [-0.4, -0.2) is 21.6 Å². The van der Waals surface area contributed by atoms with Crippen molar-refractivity contribution in [1.82, 2.24) is 4.98 Å². The van der Waals surface area contributed by atoms with Gasteiger partial charge in [0.1, 0.15) is 0 Å². The Morgan fingerprint density at radius 1 is 1.12 bits per heavy atom. The highest BCUT2D eigenvalue weighted by molar-refractivity contribution is 7.19. The number of rotatable bonds is 5. The molecular weight excluding hydrogens is 362 g/mol. The van der Waals surface area contributed by atoms with Crippen molar-refractivity contribution < 1.29 is 14.5 Å². The molecule has 0 aliphatic rings. The molecule has 0 saturated heterocycles. The third-order valence-corrected chi connectivity index (χ3v) is 5.32. The summed E-state index contributed by atoms with van der Waals surface area (Å²) in [6.45, 7) is 1.44. The van der Waals surface area contributed by atoms with Gasteiger partial charge < -0.3 is 0 Å². The molecule has 0 aliphatic carbocycles. The molecule has 0 saturated carbocycles. The van der Waals surface area contributed by atoms with E-state index in [1.807, 2.05) is 30.3 Å². The van der Waals surface area contributed by atoms with E-state index in [9.17, 15) is 19.7 Å². The van der Waals surface area contributed by atoms with Crippen LogP contribution in [0.4, 0.5) is 10.1 Å². The van der Waals surface area contributed by atoms with Gasteiger partial charge in [0, 0.05) is 18.6 Å². The summed E-state index contributed by atoms with van der Waals surface area (Å²) in [5.41, 5.74) is 1.28. The Labute approximate surface area is 150 Å². The van der Waals surface area contributed by atoms with Gasteiger partial charge in [0.25, 0.3) is 5.91 Å². The number of hydrogen-bond donors (Lipinski definition) is 1. The van der Waals surface area contributed by atoms with Crippen molar-refractivity contribution in [2.45, 2.75) is 6.92 Å². The van der Waals surface area contributed by atoms with E-state index < -0.39 is 10.8 Å². The van der Waals surface area contributed by atoms with E-state index in [2.05, 4.69) is 10.3 Å². The molecule has 7 nitrogen and oxygen atoms in total. The standard InChI is InChI=1S/C16H11N3O4S2/c1-9(20)14-13(10-5-3-2-4-6-10)17-16(25-14)18-15(21)11-7-8-12(24-11)19(22)23/h2-8H,1H3,(H,17,18,21). The van der Waals surface area contributed by atoms with E-state index in [4.69, 9.17) is 0 Å². The summed E-state index contributed by atoms with van der Waals surface area (Å²) in [5.74, 6) is -0.648. The number of hydrogen-bond acceptors (Lipinski definition) is 7. The number of thiazole rings is 1. The summed E-state index contributed by atoms with van der Waals surface area (Å²) in [5, 5.41) is 13.5. The highest BCUT2D eigenvalue weighted by Crippen LogP contribution is 2.32. The van der Waals surface area contributed by atoms with E-state index in [0.717, 1.165) is 28.2 Å². The predicted octanol–water partition coefficient (Wildman–Crippen LogP) is 4.23. The van der Waals surface area contributed by atoms with Gasteiger partial charge in [0.05, 0.1) is 20.4 Å². The maximum absolute atomic E-state index is 12.2. The molecule has 0 spiro atoms. The van der Waals surface area contributed by atoms with E-state index >= 15 is 0 Å². The van der Waals surface area contributed by atoms with Crippen LogP contribution in [0.3, 0.4) is 0 Å². The Balaban J connectivity index is 1.89. The maximum atomic E-state index is 12.2. The monoisotopic (exact) mass is 373 g/mol. The molecule has 1 aromatic carbocycles. The first-order valence-electron chi connectivity index (χ1n) is 7.08. The molecule has 3 rings (SSSR count). The van der Waals surface area contributed by atoms with Crippen molar-refractivity contribution in [1.29, 1.82) is 0 Å².